The van der Waals surface area contributed by atoms with Gasteiger partial charge in [-0.25, -0.2) is 0 Å². The van der Waals surface area contributed by atoms with Gasteiger partial charge in [-0.3, -0.25) is 0 Å². The first-order chi connectivity index (χ1) is 17.7. The molecule has 0 bridgehead atoms. The van der Waals surface area contributed by atoms with Gasteiger partial charge in [-0.1, -0.05) is 55.4 Å². The fourth-order valence-corrected chi connectivity index (χ4v) is 6.84. The number of rotatable bonds is 3. The van der Waals surface area contributed by atoms with Crippen LogP contribution in [-0.2, 0) is 37.9 Å². The zero-order chi connectivity index (χ0) is 30.5. The van der Waals surface area contributed by atoms with Crippen LogP contribution in [0, 0.1) is 21.7 Å². The van der Waals surface area contributed by atoms with Crippen LogP contribution in [-0.4, -0.2) is 73.0 Å². The summed E-state index contributed by atoms with van der Waals surface area (Å²) in [4.78, 5) is 0. The van der Waals surface area contributed by atoms with Crippen LogP contribution in [0.15, 0.2) is 0 Å². The van der Waals surface area contributed by atoms with Gasteiger partial charge in [-0.15, -0.1) is 0 Å². The Morgan fingerprint density at radius 2 is 0.550 bits per heavy atom. The molecule has 0 saturated carbocycles. The van der Waals surface area contributed by atoms with E-state index in [9.17, 15) is 0 Å². The minimum Gasteiger partial charge on any atom is -0.350 e. The van der Waals surface area contributed by atoms with Crippen molar-refractivity contribution in [3.8, 4) is 0 Å². The van der Waals surface area contributed by atoms with Crippen molar-refractivity contribution >= 4 is 0 Å². The molecule has 234 valence electrons. The van der Waals surface area contributed by atoms with Gasteiger partial charge in [0.25, 0.3) is 0 Å². The lowest BCUT2D eigenvalue weighted by molar-refractivity contribution is -0.442. The molecule has 0 aromatic rings. The Bertz CT molecular complexity index is 871. The first-order valence-corrected chi connectivity index (χ1v) is 15.1. The number of ether oxygens (including phenoxy) is 8. The van der Waals surface area contributed by atoms with E-state index >= 15 is 0 Å². The van der Waals surface area contributed by atoms with Gasteiger partial charge in [-0.05, 0) is 55.4 Å². The third-order valence-corrected chi connectivity index (χ3v) is 9.35. The molecule has 4 aliphatic rings. The molecule has 4 aliphatic heterocycles. The van der Waals surface area contributed by atoms with Crippen molar-refractivity contribution in [2.24, 2.45) is 21.7 Å². The number of hydrogen-bond donors (Lipinski definition) is 0. The Balaban J connectivity index is 1.77. The van der Waals surface area contributed by atoms with Crippen LogP contribution in [0.25, 0.3) is 0 Å². The summed E-state index contributed by atoms with van der Waals surface area (Å²) in [5, 5.41) is 0. The molecule has 4 saturated heterocycles. The summed E-state index contributed by atoms with van der Waals surface area (Å²) >= 11 is 0. The highest BCUT2D eigenvalue weighted by atomic mass is 16.8. The Hall–Kier alpha value is -0.320. The van der Waals surface area contributed by atoms with Gasteiger partial charge < -0.3 is 37.9 Å². The van der Waals surface area contributed by atoms with Crippen LogP contribution in [0.3, 0.4) is 0 Å². The largest absolute Gasteiger partial charge is 0.350 e. The third kappa shape index (κ3) is 6.03. The Kier molecular flexibility index (Phi) is 7.81. The van der Waals surface area contributed by atoms with Gasteiger partial charge in [-0.2, -0.15) is 0 Å². The maximum Gasteiger partial charge on any atom is 0.163 e. The predicted molar refractivity (Wildman–Crippen MR) is 153 cm³/mol. The Labute approximate surface area is 243 Å². The molecule has 0 radical (unpaired) electrons. The van der Waals surface area contributed by atoms with E-state index in [0.29, 0.717) is 13.2 Å². The van der Waals surface area contributed by atoms with E-state index in [4.69, 9.17) is 37.9 Å². The molecule has 4 fully saturated rings. The minimum absolute atomic E-state index is 0.220. The van der Waals surface area contributed by atoms with Gasteiger partial charge in [0.1, 0.15) is 0 Å². The summed E-state index contributed by atoms with van der Waals surface area (Å²) in [6, 6.07) is 0. The number of hydrogen-bond acceptors (Lipinski definition) is 8. The van der Waals surface area contributed by atoms with Crippen molar-refractivity contribution in [3.63, 3.8) is 0 Å². The first kappa shape index (κ1) is 32.6. The van der Waals surface area contributed by atoms with Crippen LogP contribution < -0.4 is 0 Å². The lowest BCUT2D eigenvalue weighted by Gasteiger charge is -2.63. The van der Waals surface area contributed by atoms with Crippen molar-refractivity contribution in [1.82, 2.24) is 0 Å². The van der Waals surface area contributed by atoms with Crippen molar-refractivity contribution in [1.29, 1.82) is 0 Å². The van der Waals surface area contributed by atoms with Crippen molar-refractivity contribution < 1.29 is 37.9 Å². The molecule has 6 atom stereocenters. The summed E-state index contributed by atoms with van der Waals surface area (Å²) < 4.78 is 52.7. The molecule has 0 aliphatic carbocycles. The maximum absolute atomic E-state index is 6.87. The van der Waals surface area contributed by atoms with Gasteiger partial charge in [0.05, 0.1) is 49.8 Å². The zero-order valence-electron chi connectivity index (χ0n) is 28.1. The monoisotopic (exact) mass is 570 g/mol. The summed E-state index contributed by atoms with van der Waals surface area (Å²) in [5.41, 5.74) is -1.52. The fraction of sp³-hybridized carbons (Fsp3) is 1.00. The van der Waals surface area contributed by atoms with E-state index in [1.54, 1.807) is 0 Å². The molecule has 0 aromatic carbocycles. The van der Waals surface area contributed by atoms with E-state index in [-0.39, 0.29) is 47.5 Å². The molecule has 0 amide bonds. The second-order valence-electron chi connectivity index (χ2n) is 17.0. The lowest BCUT2D eigenvalue weighted by Crippen LogP contribution is -2.73. The van der Waals surface area contributed by atoms with Gasteiger partial charge >= 0.3 is 0 Å². The average molecular weight is 571 g/mol. The molecule has 0 unspecified atom stereocenters. The Morgan fingerprint density at radius 3 is 0.825 bits per heavy atom. The molecule has 4 rings (SSSR count). The highest BCUT2D eigenvalue weighted by Gasteiger charge is 2.65. The molecule has 4 heterocycles. The van der Waals surface area contributed by atoms with Gasteiger partial charge in [0, 0.05) is 21.7 Å². The van der Waals surface area contributed by atoms with E-state index in [1.165, 1.54) is 0 Å². The molecule has 40 heavy (non-hydrogen) atoms. The molecule has 8 nitrogen and oxygen atoms in total. The van der Waals surface area contributed by atoms with E-state index in [1.807, 2.05) is 55.4 Å². The lowest BCUT2D eigenvalue weighted by atomic mass is 9.63. The van der Waals surface area contributed by atoms with Crippen LogP contribution in [0.4, 0.5) is 0 Å². The van der Waals surface area contributed by atoms with Crippen LogP contribution in [0.1, 0.15) is 111 Å². The highest BCUT2D eigenvalue weighted by Crippen LogP contribution is 2.55. The standard InChI is InChI=1S/C32H58O8/c1-25(2)17-33-29(9,10)35-19(25)21-27(5,6)23(39-31(13,14)37-21)24-28(7,8)22(38-32(15,16)40-24)20-26(3,4)18-34-30(11,12)36-20/h19-24H,17-18H2,1-16H3/t19-,20-,21-,22-,23+,24+/m0/s1. The van der Waals surface area contributed by atoms with Gasteiger partial charge in [0.2, 0.25) is 0 Å². The van der Waals surface area contributed by atoms with E-state index in [2.05, 4.69) is 55.4 Å². The highest BCUT2D eigenvalue weighted by molar-refractivity contribution is 5.10. The smallest absolute Gasteiger partial charge is 0.163 e. The first-order valence-electron chi connectivity index (χ1n) is 15.1. The van der Waals surface area contributed by atoms with Crippen molar-refractivity contribution in [3.05, 3.63) is 0 Å². The van der Waals surface area contributed by atoms with Crippen LogP contribution in [0.5, 0.6) is 0 Å². The summed E-state index contributed by atoms with van der Waals surface area (Å²) in [6.45, 7) is 34.6. The molecule has 0 N–H and O–H groups in total. The average Bonchev–Trinajstić information content (AvgIpc) is 2.75. The zero-order valence-corrected chi connectivity index (χ0v) is 28.1. The molecular weight excluding hydrogens is 512 g/mol. The summed E-state index contributed by atoms with van der Waals surface area (Å²) in [7, 11) is 0. The Morgan fingerprint density at radius 1 is 0.325 bits per heavy atom. The quantitative estimate of drug-likeness (QED) is 0.384. The third-order valence-electron chi connectivity index (χ3n) is 9.35. The summed E-state index contributed by atoms with van der Waals surface area (Å²) in [5.74, 6) is -3.14. The normalized spacial score (nSPS) is 42.6. The summed E-state index contributed by atoms with van der Waals surface area (Å²) in [6.07, 6.45) is -1.66. The predicted octanol–water partition coefficient (Wildman–Crippen LogP) is 6.43. The van der Waals surface area contributed by atoms with Crippen molar-refractivity contribution in [2.45, 2.75) is 171 Å². The SMILES string of the molecule is CC1(C)OCC(C)(C)[C@H]([C@@H]2OC(C)(C)O[C@H]([C@H]3OC(C)(C)O[C@@H]([C@@H]4OC(C)(C)OCC4(C)C)C3(C)C)C2(C)C)O1. The van der Waals surface area contributed by atoms with E-state index in [0.717, 1.165) is 0 Å². The molecule has 0 aromatic heterocycles. The van der Waals surface area contributed by atoms with Crippen LogP contribution >= 0.6 is 0 Å². The van der Waals surface area contributed by atoms with Crippen molar-refractivity contribution in [2.75, 3.05) is 13.2 Å². The fourth-order valence-electron chi connectivity index (χ4n) is 6.84. The second-order valence-corrected chi connectivity index (χ2v) is 17.0. The minimum atomic E-state index is -0.861. The maximum atomic E-state index is 6.87. The van der Waals surface area contributed by atoms with Crippen LogP contribution in [0.2, 0.25) is 0 Å². The second kappa shape index (κ2) is 9.59. The van der Waals surface area contributed by atoms with Gasteiger partial charge in [0.15, 0.2) is 23.1 Å². The molecular formula is C32H58O8. The molecule has 0 spiro atoms. The van der Waals surface area contributed by atoms with E-state index < -0.39 is 34.0 Å². The topological polar surface area (TPSA) is 73.8 Å². The molecule has 8 heteroatoms.